The van der Waals surface area contributed by atoms with Crippen LogP contribution >= 0.6 is 0 Å². The van der Waals surface area contributed by atoms with Gasteiger partial charge in [-0.05, 0) is 60.2 Å². The highest BCUT2D eigenvalue weighted by Gasteiger charge is 2.15. The molecule has 0 saturated carbocycles. The topological polar surface area (TPSA) is 26.0 Å². The van der Waals surface area contributed by atoms with E-state index in [4.69, 9.17) is 9.40 Å². The molecule has 0 fully saturated rings. The molecular weight excluding hydrogens is 378 g/mol. The second kappa shape index (κ2) is 8.03. The van der Waals surface area contributed by atoms with E-state index in [0.29, 0.717) is 5.92 Å². The van der Waals surface area contributed by atoms with E-state index in [9.17, 15) is 0 Å². The molecule has 0 bridgehead atoms. The van der Waals surface area contributed by atoms with Crippen LogP contribution in [0.2, 0.25) is 0 Å². The highest BCUT2D eigenvalue weighted by Crippen LogP contribution is 2.36. The Balaban J connectivity index is 1.71. The second-order valence-electron chi connectivity index (χ2n) is 8.87. The lowest BCUT2D eigenvalue weighted by Crippen LogP contribution is -1.99. The molecule has 0 spiro atoms. The maximum atomic E-state index is 6.32. The van der Waals surface area contributed by atoms with Crippen molar-refractivity contribution >= 4 is 21.9 Å². The number of furan rings is 1. The first-order chi connectivity index (χ1) is 15.1. The van der Waals surface area contributed by atoms with Crippen molar-refractivity contribution in [2.24, 2.45) is 5.92 Å². The number of aromatic nitrogens is 1. The fraction of sp³-hybridized carbons (Fsp3) is 0.207. The zero-order valence-electron chi connectivity index (χ0n) is 18.4. The van der Waals surface area contributed by atoms with Crippen molar-refractivity contribution in [3.05, 3.63) is 101 Å². The third-order valence-electron chi connectivity index (χ3n) is 5.93. The number of nitrogens with zero attached hydrogens (tertiary/aromatic N) is 1. The number of rotatable bonds is 5. The van der Waals surface area contributed by atoms with Gasteiger partial charge < -0.3 is 4.42 Å². The predicted octanol–water partition coefficient (Wildman–Crippen LogP) is 7.75. The monoisotopic (exact) mass is 405 g/mol. The molecule has 0 atom stereocenters. The van der Waals surface area contributed by atoms with Gasteiger partial charge in [0.05, 0.1) is 5.69 Å². The molecule has 5 aromatic rings. The van der Waals surface area contributed by atoms with Crippen LogP contribution in [0.3, 0.4) is 0 Å². The molecule has 2 heteroatoms. The SMILES string of the molecule is Cc1cnc(-c2cc(Cc3ccccc3)c3oc4ccccc4c3c2)cc1CC(C)C. The molecule has 31 heavy (non-hydrogen) atoms. The van der Waals surface area contributed by atoms with Gasteiger partial charge in [-0.15, -0.1) is 0 Å². The minimum Gasteiger partial charge on any atom is -0.456 e. The number of benzene rings is 3. The van der Waals surface area contributed by atoms with E-state index in [2.05, 4.69) is 81.4 Å². The van der Waals surface area contributed by atoms with Crippen LogP contribution in [0.4, 0.5) is 0 Å². The van der Waals surface area contributed by atoms with E-state index in [1.165, 1.54) is 22.3 Å². The molecular formula is C29H27NO. The molecule has 0 unspecified atom stereocenters. The number of hydrogen-bond acceptors (Lipinski definition) is 2. The van der Waals surface area contributed by atoms with Crippen LogP contribution in [-0.2, 0) is 12.8 Å². The molecule has 0 aliphatic rings. The Morgan fingerprint density at radius 2 is 1.61 bits per heavy atom. The van der Waals surface area contributed by atoms with Crippen molar-refractivity contribution < 1.29 is 4.42 Å². The first-order valence-corrected chi connectivity index (χ1v) is 11.0. The third-order valence-corrected chi connectivity index (χ3v) is 5.93. The predicted molar refractivity (Wildman–Crippen MR) is 129 cm³/mol. The van der Waals surface area contributed by atoms with Gasteiger partial charge in [-0.3, -0.25) is 4.98 Å². The lowest BCUT2D eigenvalue weighted by molar-refractivity contribution is 0.644. The Morgan fingerprint density at radius 3 is 2.42 bits per heavy atom. The van der Waals surface area contributed by atoms with Gasteiger partial charge in [-0.2, -0.15) is 0 Å². The summed E-state index contributed by atoms with van der Waals surface area (Å²) in [6, 6.07) is 25.7. The van der Waals surface area contributed by atoms with Crippen LogP contribution in [0.5, 0.6) is 0 Å². The maximum Gasteiger partial charge on any atom is 0.138 e. The highest BCUT2D eigenvalue weighted by atomic mass is 16.3. The van der Waals surface area contributed by atoms with Crippen molar-refractivity contribution in [1.29, 1.82) is 0 Å². The number of para-hydroxylation sites is 1. The first kappa shape index (κ1) is 19.6. The Hall–Kier alpha value is -3.39. The molecule has 0 aliphatic carbocycles. The van der Waals surface area contributed by atoms with E-state index in [0.717, 1.165) is 46.0 Å². The molecule has 0 saturated heterocycles. The molecule has 154 valence electrons. The molecule has 2 aromatic heterocycles. The van der Waals surface area contributed by atoms with Crippen molar-refractivity contribution in [2.75, 3.05) is 0 Å². The quantitative estimate of drug-likeness (QED) is 0.299. The van der Waals surface area contributed by atoms with Gasteiger partial charge in [-0.1, -0.05) is 62.4 Å². The highest BCUT2D eigenvalue weighted by molar-refractivity contribution is 6.07. The smallest absolute Gasteiger partial charge is 0.138 e. The van der Waals surface area contributed by atoms with Gasteiger partial charge in [0.1, 0.15) is 11.2 Å². The summed E-state index contributed by atoms with van der Waals surface area (Å²) >= 11 is 0. The molecule has 3 aromatic carbocycles. The molecule has 0 amide bonds. The molecule has 0 radical (unpaired) electrons. The number of hydrogen-bond donors (Lipinski definition) is 0. The van der Waals surface area contributed by atoms with Crippen LogP contribution < -0.4 is 0 Å². The van der Waals surface area contributed by atoms with Gasteiger partial charge in [0, 0.05) is 34.5 Å². The zero-order chi connectivity index (χ0) is 21.4. The molecule has 0 N–H and O–H groups in total. The van der Waals surface area contributed by atoms with Gasteiger partial charge in [0.25, 0.3) is 0 Å². The summed E-state index contributed by atoms with van der Waals surface area (Å²) in [7, 11) is 0. The summed E-state index contributed by atoms with van der Waals surface area (Å²) in [6.45, 7) is 6.68. The largest absolute Gasteiger partial charge is 0.456 e. The third kappa shape index (κ3) is 3.86. The standard InChI is InChI=1S/C29H27NO/c1-19(2)13-22-17-27(30-18-20(22)3)23-15-24(14-21-9-5-4-6-10-21)29-26(16-23)25-11-7-8-12-28(25)31-29/h4-12,15-19H,13-14H2,1-3H3. The molecule has 0 aliphatic heterocycles. The summed E-state index contributed by atoms with van der Waals surface area (Å²) in [5, 5.41) is 2.31. The van der Waals surface area contributed by atoms with Crippen LogP contribution in [0.1, 0.15) is 36.1 Å². The Bertz CT molecular complexity index is 1360. The molecule has 2 heterocycles. The summed E-state index contributed by atoms with van der Waals surface area (Å²) in [4.78, 5) is 4.81. The number of aryl methyl sites for hydroxylation is 1. The van der Waals surface area contributed by atoms with E-state index in [1.807, 2.05) is 18.3 Å². The minimum absolute atomic E-state index is 0.614. The maximum absolute atomic E-state index is 6.32. The minimum atomic E-state index is 0.614. The van der Waals surface area contributed by atoms with Crippen molar-refractivity contribution in [3.8, 4) is 11.3 Å². The zero-order valence-corrected chi connectivity index (χ0v) is 18.4. The van der Waals surface area contributed by atoms with Crippen molar-refractivity contribution in [3.63, 3.8) is 0 Å². The van der Waals surface area contributed by atoms with Crippen molar-refractivity contribution in [2.45, 2.75) is 33.6 Å². The Kier molecular flexibility index (Phi) is 5.07. The Labute approximate surface area is 183 Å². The fourth-order valence-corrected chi connectivity index (χ4v) is 4.38. The normalized spacial score (nSPS) is 11.6. The second-order valence-corrected chi connectivity index (χ2v) is 8.87. The van der Waals surface area contributed by atoms with Gasteiger partial charge in [0.2, 0.25) is 0 Å². The van der Waals surface area contributed by atoms with E-state index in [-0.39, 0.29) is 0 Å². The van der Waals surface area contributed by atoms with Crippen LogP contribution in [0.15, 0.2) is 83.4 Å². The number of fused-ring (bicyclic) bond motifs is 3. The van der Waals surface area contributed by atoms with Crippen LogP contribution in [0, 0.1) is 12.8 Å². The first-order valence-electron chi connectivity index (χ1n) is 11.0. The lowest BCUT2D eigenvalue weighted by atomic mass is 9.95. The average Bonchev–Trinajstić information content (AvgIpc) is 3.15. The lowest BCUT2D eigenvalue weighted by Gasteiger charge is -2.12. The Morgan fingerprint density at radius 1 is 0.839 bits per heavy atom. The van der Waals surface area contributed by atoms with Crippen LogP contribution in [-0.4, -0.2) is 4.98 Å². The number of pyridine rings is 1. The van der Waals surface area contributed by atoms with E-state index in [1.54, 1.807) is 0 Å². The summed E-state index contributed by atoms with van der Waals surface area (Å²) < 4.78 is 6.32. The summed E-state index contributed by atoms with van der Waals surface area (Å²) in [5.74, 6) is 0.614. The molecule has 2 nitrogen and oxygen atoms in total. The van der Waals surface area contributed by atoms with E-state index >= 15 is 0 Å². The summed E-state index contributed by atoms with van der Waals surface area (Å²) in [6.07, 6.45) is 3.91. The molecule has 5 rings (SSSR count). The average molecular weight is 406 g/mol. The van der Waals surface area contributed by atoms with Crippen molar-refractivity contribution in [1.82, 2.24) is 4.98 Å². The summed E-state index contributed by atoms with van der Waals surface area (Å²) in [5.41, 5.74) is 9.20. The van der Waals surface area contributed by atoms with Crippen LogP contribution in [0.25, 0.3) is 33.2 Å². The van der Waals surface area contributed by atoms with E-state index < -0.39 is 0 Å². The van der Waals surface area contributed by atoms with Gasteiger partial charge in [-0.25, -0.2) is 0 Å². The van der Waals surface area contributed by atoms with Gasteiger partial charge in [0.15, 0.2) is 0 Å². The fourth-order valence-electron chi connectivity index (χ4n) is 4.38. The van der Waals surface area contributed by atoms with Gasteiger partial charge >= 0.3 is 0 Å².